The zero-order valence-corrected chi connectivity index (χ0v) is 14.8. The van der Waals surface area contributed by atoms with Gasteiger partial charge in [-0.05, 0) is 38.2 Å². The fourth-order valence-corrected chi connectivity index (χ4v) is 4.43. The Bertz CT molecular complexity index is 1030. The molecule has 3 aliphatic rings. The highest BCUT2D eigenvalue weighted by molar-refractivity contribution is 5.92. The molecule has 0 amide bonds. The van der Waals surface area contributed by atoms with Gasteiger partial charge in [0.2, 0.25) is 5.43 Å². The van der Waals surface area contributed by atoms with Gasteiger partial charge in [-0.15, -0.1) is 0 Å². The van der Waals surface area contributed by atoms with Crippen LogP contribution in [-0.2, 0) is 0 Å². The zero-order valence-electron chi connectivity index (χ0n) is 14.8. The number of piperidine rings is 1. The average molecular weight is 372 g/mol. The SMILES string of the molecule is N[C@H]1C[C@@]12CCCN(c1nc3c(cc1F)c(=O)c(C(=O)O)cn3C1CC1)C2. The molecule has 8 heteroatoms. The quantitative estimate of drug-likeness (QED) is 0.853. The second kappa shape index (κ2) is 5.51. The molecule has 1 saturated heterocycles. The summed E-state index contributed by atoms with van der Waals surface area (Å²) in [5.74, 6) is -1.66. The van der Waals surface area contributed by atoms with Gasteiger partial charge in [-0.3, -0.25) is 4.79 Å². The Morgan fingerprint density at radius 2 is 2.15 bits per heavy atom. The number of fused-ring (bicyclic) bond motifs is 1. The highest BCUT2D eigenvalue weighted by atomic mass is 19.1. The van der Waals surface area contributed by atoms with Crippen LogP contribution in [0.25, 0.3) is 11.0 Å². The Morgan fingerprint density at radius 1 is 1.41 bits per heavy atom. The molecule has 142 valence electrons. The molecule has 1 spiro atoms. The van der Waals surface area contributed by atoms with Gasteiger partial charge in [-0.25, -0.2) is 14.2 Å². The Hall–Kier alpha value is -2.48. The number of carboxylic acid groups (broad SMARTS) is 1. The van der Waals surface area contributed by atoms with Crippen molar-refractivity contribution in [1.82, 2.24) is 9.55 Å². The third kappa shape index (κ3) is 2.54. The van der Waals surface area contributed by atoms with Gasteiger partial charge >= 0.3 is 5.97 Å². The van der Waals surface area contributed by atoms with Gasteiger partial charge in [0.1, 0.15) is 11.2 Å². The van der Waals surface area contributed by atoms with E-state index < -0.39 is 17.2 Å². The molecule has 0 radical (unpaired) electrons. The van der Waals surface area contributed by atoms with Crippen molar-refractivity contribution in [2.45, 2.75) is 44.2 Å². The Labute approximate surface area is 154 Å². The van der Waals surface area contributed by atoms with Gasteiger partial charge in [-0.2, -0.15) is 0 Å². The molecule has 2 atom stereocenters. The van der Waals surface area contributed by atoms with Gasteiger partial charge < -0.3 is 20.3 Å². The number of aromatic nitrogens is 2. The number of hydrogen-bond acceptors (Lipinski definition) is 5. The van der Waals surface area contributed by atoms with Crippen LogP contribution in [0.2, 0.25) is 0 Å². The lowest BCUT2D eigenvalue weighted by molar-refractivity contribution is 0.0695. The zero-order chi connectivity index (χ0) is 18.9. The van der Waals surface area contributed by atoms with Crippen LogP contribution in [0.1, 0.15) is 48.5 Å². The number of carboxylic acids is 1. The molecule has 0 bridgehead atoms. The highest BCUT2D eigenvalue weighted by Gasteiger charge is 2.54. The summed E-state index contributed by atoms with van der Waals surface area (Å²) in [7, 11) is 0. The van der Waals surface area contributed by atoms with E-state index in [1.54, 1.807) is 4.57 Å². The Morgan fingerprint density at radius 3 is 2.78 bits per heavy atom. The summed E-state index contributed by atoms with van der Waals surface area (Å²) in [6.45, 7) is 1.37. The lowest BCUT2D eigenvalue weighted by Gasteiger charge is -2.34. The summed E-state index contributed by atoms with van der Waals surface area (Å²) in [6, 6.07) is 1.42. The number of halogens is 1. The van der Waals surface area contributed by atoms with E-state index in [0.29, 0.717) is 18.7 Å². The minimum absolute atomic E-state index is 0.0258. The molecule has 2 saturated carbocycles. The lowest BCUT2D eigenvalue weighted by atomic mass is 9.94. The first-order valence-electron chi connectivity index (χ1n) is 9.39. The van der Waals surface area contributed by atoms with Gasteiger partial charge in [0.15, 0.2) is 11.6 Å². The number of aromatic carboxylic acids is 1. The van der Waals surface area contributed by atoms with Crippen LogP contribution in [0.5, 0.6) is 0 Å². The standard InChI is InChI=1S/C19H21FN4O3/c20-13-6-11-15(25)12(18(26)27)8-24(10-2-3-10)16(11)22-17(13)23-5-1-4-19(9-23)7-14(19)21/h6,8,10,14H,1-5,7,9,21H2,(H,26,27)/t14-,19+/m0/s1. The molecule has 3 fully saturated rings. The first-order valence-corrected chi connectivity index (χ1v) is 9.39. The highest BCUT2D eigenvalue weighted by Crippen LogP contribution is 2.51. The largest absolute Gasteiger partial charge is 0.477 e. The molecule has 3 N–H and O–H groups in total. The summed E-state index contributed by atoms with van der Waals surface area (Å²) < 4.78 is 16.6. The van der Waals surface area contributed by atoms with Crippen LogP contribution >= 0.6 is 0 Å². The number of anilines is 1. The summed E-state index contributed by atoms with van der Waals surface area (Å²) in [5, 5.41) is 9.35. The van der Waals surface area contributed by atoms with Crippen LogP contribution < -0.4 is 16.1 Å². The molecular formula is C19H21FN4O3. The van der Waals surface area contributed by atoms with E-state index in [2.05, 4.69) is 4.98 Å². The first-order chi connectivity index (χ1) is 12.9. The smallest absolute Gasteiger partial charge is 0.341 e. The third-order valence-electron chi connectivity index (χ3n) is 6.27. The Balaban J connectivity index is 1.66. The van der Waals surface area contributed by atoms with Crippen LogP contribution in [0, 0.1) is 11.2 Å². The normalized spacial score (nSPS) is 27.3. The molecule has 0 aromatic carbocycles. The first kappa shape index (κ1) is 16.7. The van der Waals surface area contributed by atoms with Crippen LogP contribution in [-0.4, -0.2) is 39.8 Å². The molecule has 3 heterocycles. The fourth-order valence-electron chi connectivity index (χ4n) is 4.43. The summed E-state index contributed by atoms with van der Waals surface area (Å²) in [6.07, 6.45) is 6.08. The molecule has 0 unspecified atom stereocenters. The van der Waals surface area contributed by atoms with Crippen molar-refractivity contribution in [3.8, 4) is 0 Å². The number of hydrogen-bond donors (Lipinski definition) is 2. The summed E-state index contributed by atoms with van der Waals surface area (Å²) in [4.78, 5) is 30.4. The van der Waals surface area contributed by atoms with Gasteiger partial charge in [0.05, 0.1) is 5.39 Å². The molecular weight excluding hydrogens is 351 g/mol. The number of pyridine rings is 2. The van der Waals surface area contributed by atoms with Gasteiger partial charge in [0, 0.05) is 36.8 Å². The molecule has 2 aromatic rings. The van der Waals surface area contributed by atoms with E-state index >= 15 is 0 Å². The van der Waals surface area contributed by atoms with Crippen molar-refractivity contribution in [3.63, 3.8) is 0 Å². The van der Waals surface area contributed by atoms with E-state index in [-0.39, 0.29) is 34.3 Å². The lowest BCUT2D eigenvalue weighted by Crippen LogP contribution is -2.40. The van der Waals surface area contributed by atoms with Crippen molar-refractivity contribution < 1.29 is 14.3 Å². The monoisotopic (exact) mass is 372 g/mol. The summed E-state index contributed by atoms with van der Waals surface area (Å²) >= 11 is 0. The second-order valence-electron chi connectivity index (χ2n) is 8.18. The molecule has 7 nitrogen and oxygen atoms in total. The van der Waals surface area contributed by atoms with Crippen molar-refractivity contribution >= 4 is 22.8 Å². The number of nitrogens with zero attached hydrogens (tertiary/aromatic N) is 3. The Kier molecular flexibility index (Phi) is 3.40. The van der Waals surface area contributed by atoms with Gasteiger partial charge in [0.25, 0.3) is 0 Å². The van der Waals surface area contributed by atoms with Gasteiger partial charge in [-0.1, -0.05) is 0 Å². The molecule has 5 rings (SSSR count). The maximum Gasteiger partial charge on any atom is 0.341 e. The fraction of sp³-hybridized carbons (Fsp3) is 0.526. The van der Waals surface area contributed by atoms with E-state index in [1.165, 1.54) is 6.20 Å². The van der Waals surface area contributed by atoms with Crippen molar-refractivity contribution in [2.24, 2.45) is 11.1 Å². The average Bonchev–Trinajstić information content (AvgIpc) is 3.55. The van der Waals surface area contributed by atoms with E-state index in [0.717, 1.165) is 38.2 Å². The predicted molar refractivity (Wildman–Crippen MR) is 97.7 cm³/mol. The molecule has 27 heavy (non-hydrogen) atoms. The third-order valence-corrected chi connectivity index (χ3v) is 6.27. The van der Waals surface area contributed by atoms with Crippen LogP contribution in [0.3, 0.4) is 0 Å². The second-order valence-corrected chi connectivity index (χ2v) is 8.18. The molecule has 1 aliphatic heterocycles. The van der Waals surface area contributed by atoms with E-state index in [4.69, 9.17) is 5.73 Å². The maximum absolute atomic E-state index is 14.9. The number of rotatable bonds is 3. The van der Waals surface area contributed by atoms with Crippen molar-refractivity contribution in [3.05, 3.63) is 33.9 Å². The van der Waals surface area contributed by atoms with Crippen LogP contribution in [0.15, 0.2) is 17.1 Å². The minimum atomic E-state index is -1.30. The van der Waals surface area contributed by atoms with Crippen molar-refractivity contribution in [2.75, 3.05) is 18.0 Å². The minimum Gasteiger partial charge on any atom is -0.477 e. The van der Waals surface area contributed by atoms with Crippen molar-refractivity contribution in [1.29, 1.82) is 0 Å². The number of nitrogens with two attached hydrogens (primary N) is 1. The van der Waals surface area contributed by atoms with Crippen LogP contribution in [0.4, 0.5) is 10.2 Å². The van der Waals surface area contributed by atoms with E-state index in [9.17, 15) is 19.1 Å². The topological polar surface area (TPSA) is 101 Å². The molecule has 2 aliphatic carbocycles. The molecule has 2 aromatic heterocycles. The summed E-state index contributed by atoms with van der Waals surface area (Å²) in [5.41, 5.74) is 5.49. The predicted octanol–water partition coefficient (Wildman–Crippen LogP) is 1.89. The van der Waals surface area contributed by atoms with E-state index in [1.807, 2.05) is 4.90 Å². The maximum atomic E-state index is 14.9. The number of carbonyl (C=O) groups is 1.